The summed E-state index contributed by atoms with van der Waals surface area (Å²) in [6.45, 7) is 2.64. The van der Waals surface area contributed by atoms with Gasteiger partial charge in [-0.05, 0) is 30.7 Å². The van der Waals surface area contributed by atoms with E-state index in [4.69, 9.17) is 4.84 Å². The normalized spacial score (nSPS) is 13.4. The van der Waals surface area contributed by atoms with Crippen molar-refractivity contribution in [2.45, 2.75) is 19.9 Å². The van der Waals surface area contributed by atoms with Crippen LogP contribution in [0.4, 0.5) is 0 Å². The van der Waals surface area contributed by atoms with Gasteiger partial charge in [0.1, 0.15) is 5.69 Å². The maximum Gasteiger partial charge on any atom is 0.380 e. The molecule has 0 spiro atoms. The molecular weight excluding hydrogens is 284 g/mol. The Hall–Kier alpha value is -2.89. The van der Waals surface area contributed by atoms with Crippen LogP contribution < -0.4 is 0 Å². The van der Waals surface area contributed by atoms with Crippen molar-refractivity contribution in [3.63, 3.8) is 0 Å². The fourth-order valence-electron chi connectivity index (χ4n) is 2.42. The molecule has 1 aromatic heterocycles. The van der Waals surface area contributed by atoms with Gasteiger partial charge in [0.25, 0.3) is 11.8 Å². The van der Waals surface area contributed by atoms with Gasteiger partial charge in [0.05, 0.1) is 11.1 Å². The minimum Gasteiger partial charge on any atom is -0.342 e. The highest BCUT2D eigenvalue weighted by Gasteiger charge is 2.39. The molecule has 2 heterocycles. The van der Waals surface area contributed by atoms with Crippen molar-refractivity contribution in [2.75, 3.05) is 0 Å². The lowest BCUT2D eigenvalue weighted by atomic mass is 10.1. The third kappa shape index (κ3) is 2.18. The molecule has 0 radical (unpaired) electrons. The number of hydrogen-bond acceptors (Lipinski definition) is 4. The minimum atomic E-state index is -0.729. The Morgan fingerprint density at radius 3 is 2.27 bits per heavy atom. The van der Waals surface area contributed by atoms with E-state index in [2.05, 4.69) is 0 Å². The highest BCUT2D eigenvalue weighted by molar-refractivity contribution is 6.21. The van der Waals surface area contributed by atoms with Crippen LogP contribution in [0, 0.1) is 0 Å². The largest absolute Gasteiger partial charge is 0.380 e. The molecule has 112 valence electrons. The van der Waals surface area contributed by atoms with Gasteiger partial charge in [-0.3, -0.25) is 9.59 Å². The fourth-order valence-corrected chi connectivity index (χ4v) is 2.42. The third-order valence-corrected chi connectivity index (χ3v) is 3.43. The zero-order chi connectivity index (χ0) is 15.7. The molecular formula is C16H14N2O4. The Balaban J connectivity index is 1.82. The van der Waals surface area contributed by atoms with Crippen LogP contribution in [0.2, 0.25) is 0 Å². The summed E-state index contributed by atoms with van der Waals surface area (Å²) in [5, 5.41) is 0.524. The predicted octanol–water partition coefficient (Wildman–Crippen LogP) is 2.27. The second-order valence-corrected chi connectivity index (χ2v) is 4.92. The molecule has 2 amide bonds. The first-order chi connectivity index (χ1) is 10.6. The summed E-state index contributed by atoms with van der Waals surface area (Å²) in [4.78, 5) is 41.5. The van der Waals surface area contributed by atoms with Crippen LogP contribution in [-0.4, -0.2) is 27.4 Å². The molecule has 0 bridgehead atoms. The fraction of sp³-hybridized carbons (Fsp3) is 0.188. The first-order valence-corrected chi connectivity index (χ1v) is 6.98. The molecule has 2 aromatic rings. The molecule has 1 aliphatic rings. The summed E-state index contributed by atoms with van der Waals surface area (Å²) in [5.41, 5.74) is 0.784. The van der Waals surface area contributed by atoms with Crippen LogP contribution >= 0.6 is 0 Å². The number of aryl methyl sites for hydroxylation is 1. The van der Waals surface area contributed by atoms with Crippen LogP contribution in [0.5, 0.6) is 0 Å². The van der Waals surface area contributed by atoms with Crippen molar-refractivity contribution in [3.05, 3.63) is 59.4 Å². The lowest BCUT2D eigenvalue weighted by Crippen LogP contribution is -2.33. The molecule has 0 saturated carbocycles. The number of hydrogen-bond donors (Lipinski definition) is 0. The number of imide groups is 1. The lowest BCUT2D eigenvalue weighted by Gasteiger charge is -2.13. The average Bonchev–Trinajstić information content (AvgIpc) is 3.07. The summed E-state index contributed by atoms with van der Waals surface area (Å²) in [7, 11) is 0. The SMILES string of the molecule is CCCn1cccc1C(=O)ON1C(=O)c2ccccc2C1=O. The lowest BCUT2D eigenvalue weighted by molar-refractivity contribution is -0.0591. The van der Waals surface area contributed by atoms with Gasteiger partial charge in [-0.2, -0.15) is 0 Å². The van der Waals surface area contributed by atoms with E-state index in [1.807, 2.05) is 6.92 Å². The summed E-state index contributed by atoms with van der Waals surface area (Å²) in [5.74, 6) is -1.97. The van der Waals surface area contributed by atoms with Crippen LogP contribution in [0.15, 0.2) is 42.6 Å². The molecule has 0 atom stereocenters. The first kappa shape index (κ1) is 14.1. The number of carbonyl (C=O) groups is 3. The quantitative estimate of drug-likeness (QED) is 0.812. The van der Waals surface area contributed by atoms with Crippen LogP contribution in [0.25, 0.3) is 0 Å². The van der Waals surface area contributed by atoms with Crippen molar-refractivity contribution in [1.29, 1.82) is 0 Å². The third-order valence-electron chi connectivity index (χ3n) is 3.43. The van der Waals surface area contributed by atoms with E-state index in [1.165, 1.54) is 12.1 Å². The molecule has 6 heteroatoms. The Bertz CT molecular complexity index is 728. The van der Waals surface area contributed by atoms with E-state index in [1.54, 1.807) is 35.0 Å². The molecule has 1 aromatic carbocycles. The van der Waals surface area contributed by atoms with Crippen molar-refractivity contribution < 1.29 is 19.2 Å². The maximum atomic E-state index is 12.2. The number of fused-ring (bicyclic) bond motifs is 1. The number of rotatable bonds is 4. The van der Waals surface area contributed by atoms with E-state index < -0.39 is 17.8 Å². The van der Waals surface area contributed by atoms with Crippen molar-refractivity contribution in [2.24, 2.45) is 0 Å². The van der Waals surface area contributed by atoms with E-state index >= 15 is 0 Å². The topological polar surface area (TPSA) is 68.6 Å². The molecule has 0 N–H and O–H groups in total. The Kier molecular flexibility index (Phi) is 3.50. The van der Waals surface area contributed by atoms with Crippen molar-refractivity contribution in [1.82, 2.24) is 9.63 Å². The molecule has 1 aliphatic heterocycles. The second-order valence-electron chi connectivity index (χ2n) is 4.92. The van der Waals surface area contributed by atoms with Gasteiger partial charge in [-0.1, -0.05) is 24.1 Å². The van der Waals surface area contributed by atoms with Gasteiger partial charge in [0.2, 0.25) is 0 Å². The zero-order valence-electron chi connectivity index (χ0n) is 12.0. The van der Waals surface area contributed by atoms with Gasteiger partial charge in [-0.25, -0.2) is 4.79 Å². The molecule has 0 unspecified atom stereocenters. The highest BCUT2D eigenvalue weighted by atomic mass is 16.7. The van der Waals surface area contributed by atoms with Gasteiger partial charge in [0.15, 0.2) is 0 Å². The Morgan fingerprint density at radius 1 is 1.05 bits per heavy atom. The molecule has 6 nitrogen and oxygen atoms in total. The molecule has 22 heavy (non-hydrogen) atoms. The summed E-state index contributed by atoms with van der Waals surface area (Å²) in [6, 6.07) is 9.68. The molecule has 0 saturated heterocycles. The van der Waals surface area contributed by atoms with Crippen LogP contribution in [-0.2, 0) is 11.4 Å². The standard InChI is InChI=1S/C16H14N2O4/c1-2-9-17-10-5-8-13(17)16(21)22-18-14(19)11-6-3-4-7-12(11)15(18)20/h3-8,10H,2,9H2,1H3. The Morgan fingerprint density at radius 2 is 1.68 bits per heavy atom. The van der Waals surface area contributed by atoms with E-state index in [9.17, 15) is 14.4 Å². The van der Waals surface area contributed by atoms with Gasteiger partial charge < -0.3 is 9.40 Å². The number of nitrogens with zero attached hydrogens (tertiary/aromatic N) is 2. The van der Waals surface area contributed by atoms with E-state index in [0.717, 1.165) is 6.42 Å². The maximum absolute atomic E-state index is 12.2. The monoisotopic (exact) mass is 298 g/mol. The second kappa shape index (κ2) is 5.48. The molecule has 0 aliphatic carbocycles. The summed E-state index contributed by atoms with van der Waals surface area (Å²) >= 11 is 0. The number of hydroxylamine groups is 2. The van der Waals surface area contributed by atoms with Crippen LogP contribution in [0.1, 0.15) is 44.5 Å². The average molecular weight is 298 g/mol. The van der Waals surface area contributed by atoms with Crippen molar-refractivity contribution in [3.8, 4) is 0 Å². The highest BCUT2D eigenvalue weighted by Crippen LogP contribution is 2.23. The Labute approximate surface area is 126 Å². The molecule has 0 fully saturated rings. The first-order valence-electron chi connectivity index (χ1n) is 6.98. The number of benzene rings is 1. The van der Waals surface area contributed by atoms with Crippen molar-refractivity contribution >= 4 is 17.8 Å². The van der Waals surface area contributed by atoms with E-state index in [0.29, 0.717) is 17.3 Å². The number of carbonyl (C=O) groups excluding carboxylic acids is 3. The van der Waals surface area contributed by atoms with Crippen LogP contribution in [0.3, 0.4) is 0 Å². The number of amides is 2. The van der Waals surface area contributed by atoms with Gasteiger partial charge >= 0.3 is 5.97 Å². The zero-order valence-corrected chi connectivity index (χ0v) is 12.0. The molecule has 3 rings (SSSR count). The predicted molar refractivity (Wildman–Crippen MR) is 77.1 cm³/mol. The summed E-state index contributed by atoms with van der Waals surface area (Å²) < 4.78 is 1.72. The van der Waals surface area contributed by atoms with Gasteiger partial charge in [-0.15, -0.1) is 0 Å². The van der Waals surface area contributed by atoms with Gasteiger partial charge in [0, 0.05) is 12.7 Å². The summed E-state index contributed by atoms with van der Waals surface area (Å²) in [6.07, 6.45) is 2.60. The minimum absolute atomic E-state index is 0.240. The van der Waals surface area contributed by atoms with E-state index in [-0.39, 0.29) is 11.1 Å². The number of aromatic nitrogens is 1. The smallest absolute Gasteiger partial charge is 0.342 e.